The summed E-state index contributed by atoms with van der Waals surface area (Å²) in [5.41, 5.74) is 8.40. The van der Waals surface area contributed by atoms with Crippen LogP contribution in [0.4, 0.5) is 14.7 Å². The number of hydrogen-bond acceptors (Lipinski definition) is 5. The van der Waals surface area contributed by atoms with E-state index < -0.39 is 11.6 Å². The van der Waals surface area contributed by atoms with Crippen LogP contribution >= 0.6 is 23.2 Å². The Bertz CT molecular complexity index is 1360. The Balaban J connectivity index is 1.50. The van der Waals surface area contributed by atoms with E-state index in [-0.39, 0.29) is 6.54 Å². The number of benzene rings is 2. The fourth-order valence-electron chi connectivity index (χ4n) is 4.82. The van der Waals surface area contributed by atoms with Gasteiger partial charge in [-0.1, -0.05) is 35.3 Å². The van der Waals surface area contributed by atoms with Crippen molar-refractivity contribution in [2.75, 3.05) is 11.9 Å². The van der Waals surface area contributed by atoms with Crippen molar-refractivity contribution in [3.8, 4) is 11.4 Å². The molecule has 2 aromatic heterocycles. The highest BCUT2D eigenvalue weighted by atomic mass is 35.5. The molecule has 1 fully saturated rings. The van der Waals surface area contributed by atoms with Crippen LogP contribution in [0.15, 0.2) is 42.6 Å². The molecule has 4 aromatic rings. The number of nitrogens with zero attached hydrogens (tertiary/aromatic N) is 4. The van der Waals surface area contributed by atoms with Gasteiger partial charge in [0, 0.05) is 13.1 Å². The highest BCUT2D eigenvalue weighted by molar-refractivity contribution is 6.39. The number of halogens is 4. The number of imidazole rings is 1. The fourth-order valence-corrected chi connectivity index (χ4v) is 5.38. The summed E-state index contributed by atoms with van der Waals surface area (Å²) >= 11 is 13.1. The maximum absolute atomic E-state index is 13.6. The molecular formula is C26H26Cl2F2N6. The molecule has 0 amide bonds. The van der Waals surface area contributed by atoms with Crippen LogP contribution < -0.4 is 11.1 Å². The van der Waals surface area contributed by atoms with Crippen LogP contribution in [0.2, 0.25) is 10.0 Å². The largest absolute Gasteiger partial charge is 0.350 e. The molecule has 0 bridgehead atoms. The second-order valence-corrected chi connectivity index (χ2v) is 10.1. The predicted molar refractivity (Wildman–Crippen MR) is 139 cm³/mol. The molecule has 188 valence electrons. The first kappa shape index (κ1) is 24.9. The molecule has 10 heteroatoms. The zero-order chi connectivity index (χ0) is 25.2. The maximum Gasteiger partial charge on any atom is 0.225 e. The van der Waals surface area contributed by atoms with Gasteiger partial charge in [-0.05, 0) is 73.9 Å². The van der Waals surface area contributed by atoms with Gasteiger partial charge in [0.25, 0.3) is 0 Å². The molecule has 3 N–H and O–H groups in total. The first-order valence-corrected chi connectivity index (χ1v) is 12.7. The van der Waals surface area contributed by atoms with Crippen molar-refractivity contribution in [1.82, 2.24) is 19.5 Å². The van der Waals surface area contributed by atoms with Crippen LogP contribution in [0.25, 0.3) is 22.6 Å². The Morgan fingerprint density at radius 1 is 0.972 bits per heavy atom. The number of rotatable bonds is 7. The summed E-state index contributed by atoms with van der Waals surface area (Å²) < 4.78 is 28.9. The highest BCUT2D eigenvalue weighted by Gasteiger charge is 2.25. The predicted octanol–water partition coefficient (Wildman–Crippen LogP) is 6.46. The second kappa shape index (κ2) is 10.7. The monoisotopic (exact) mass is 530 g/mol. The van der Waals surface area contributed by atoms with Crippen molar-refractivity contribution in [2.45, 2.75) is 38.8 Å². The molecule has 0 atom stereocenters. The summed E-state index contributed by atoms with van der Waals surface area (Å²) in [5, 5.41) is 4.12. The lowest BCUT2D eigenvalue weighted by atomic mass is 9.82. The van der Waals surface area contributed by atoms with E-state index in [1.165, 1.54) is 6.07 Å². The van der Waals surface area contributed by atoms with Gasteiger partial charge in [-0.2, -0.15) is 4.98 Å². The molecule has 0 unspecified atom stereocenters. The summed E-state index contributed by atoms with van der Waals surface area (Å²) in [6.07, 6.45) is 6.00. The van der Waals surface area contributed by atoms with Crippen LogP contribution in [-0.2, 0) is 13.1 Å². The van der Waals surface area contributed by atoms with E-state index in [0.717, 1.165) is 44.4 Å². The molecule has 0 aliphatic heterocycles. The van der Waals surface area contributed by atoms with Gasteiger partial charge in [0.1, 0.15) is 11.3 Å². The van der Waals surface area contributed by atoms with Crippen molar-refractivity contribution in [3.63, 3.8) is 0 Å². The molecule has 1 saturated carbocycles. The summed E-state index contributed by atoms with van der Waals surface area (Å²) in [6, 6.07) is 9.16. The maximum atomic E-state index is 13.6. The smallest absolute Gasteiger partial charge is 0.225 e. The van der Waals surface area contributed by atoms with Crippen molar-refractivity contribution in [1.29, 1.82) is 0 Å². The number of nitrogens with one attached hydrogen (secondary N) is 1. The van der Waals surface area contributed by atoms with Gasteiger partial charge in [0.05, 0.1) is 21.8 Å². The lowest BCUT2D eigenvalue weighted by Gasteiger charge is -2.28. The van der Waals surface area contributed by atoms with Gasteiger partial charge in [0.15, 0.2) is 17.3 Å². The Labute approximate surface area is 217 Å². The average molecular weight is 531 g/mol. The summed E-state index contributed by atoms with van der Waals surface area (Å²) in [5.74, 6) is 0.248. The molecule has 1 aliphatic carbocycles. The molecule has 2 aromatic carbocycles. The first-order chi connectivity index (χ1) is 17.4. The lowest BCUT2D eigenvalue weighted by molar-refractivity contribution is 0.258. The Kier molecular flexibility index (Phi) is 7.37. The van der Waals surface area contributed by atoms with Crippen LogP contribution in [0.5, 0.6) is 0 Å². The molecule has 36 heavy (non-hydrogen) atoms. The Morgan fingerprint density at radius 2 is 1.69 bits per heavy atom. The molecule has 0 radical (unpaired) electrons. The van der Waals surface area contributed by atoms with E-state index >= 15 is 0 Å². The average Bonchev–Trinajstić information content (AvgIpc) is 3.22. The van der Waals surface area contributed by atoms with Crippen LogP contribution in [0.3, 0.4) is 0 Å². The number of anilines is 1. The van der Waals surface area contributed by atoms with Gasteiger partial charge in [-0.3, -0.25) is 0 Å². The van der Waals surface area contributed by atoms with Gasteiger partial charge in [-0.25, -0.2) is 18.7 Å². The minimum absolute atomic E-state index is 0.239. The molecule has 0 spiro atoms. The number of nitrogens with two attached hydrogens (primary N) is 1. The summed E-state index contributed by atoms with van der Waals surface area (Å²) in [6.45, 7) is 1.68. The summed E-state index contributed by atoms with van der Waals surface area (Å²) in [7, 11) is 0. The number of aromatic nitrogens is 4. The lowest BCUT2D eigenvalue weighted by Crippen LogP contribution is -2.24. The van der Waals surface area contributed by atoms with Crippen LogP contribution in [0, 0.1) is 23.5 Å². The van der Waals surface area contributed by atoms with Gasteiger partial charge in [-0.15, -0.1) is 0 Å². The van der Waals surface area contributed by atoms with Crippen LogP contribution in [0.1, 0.15) is 31.2 Å². The van der Waals surface area contributed by atoms with E-state index in [9.17, 15) is 8.78 Å². The molecular weight excluding hydrogens is 505 g/mol. The highest BCUT2D eigenvalue weighted by Crippen LogP contribution is 2.37. The first-order valence-electron chi connectivity index (χ1n) is 12.0. The quantitative estimate of drug-likeness (QED) is 0.286. The third-order valence-electron chi connectivity index (χ3n) is 6.85. The third kappa shape index (κ3) is 5.16. The van der Waals surface area contributed by atoms with Crippen molar-refractivity contribution >= 4 is 40.3 Å². The standard InChI is InChI=1S/C26H26Cl2F2N6/c27-18-2-1-3-19(28)23(18)25-34-22-13-33-26(32-12-17-8-9-20(29)21(30)10-17)35-24(22)36(25)14-16-6-4-15(11-31)5-7-16/h1-3,8-10,13,15-16H,4-7,11-12,14,31H2,(H,32,33,35). The fraction of sp³-hybridized carbons (Fsp3) is 0.346. The van der Waals surface area contributed by atoms with E-state index in [4.69, 9.17) is 38.9 Å². The van der Waals surface area contributed by atoms with Crippen molar-refractivity contribution < 1.29 is 8.78 Å². The van der Waals surface area contributed by atoms with Crippen molar-refractivity contribution in [2.24, 2.45) is 17.6 Å². The third-order valence-corrected chi connectivity index (χ3v) is 7.48. The van der Waals surface area contributed by atoms with Gasteiger partial charge in [0.2, 0.25) is 5.95 Å². The zero-order valence-electron chi connectivity index (χ0n) is 19.5. The van der Waals surface area contributed by atoms with E-state index in [1.807, 2.05) is 0 Å². The molecule has 2 heterocycles. The van der Waals surface area contributed by atoms with Gasteiger partial charge >= 0.3 is 0 Å². The summed E-state index contributed by atoms with van der Waals surface area (Å²) in [4.78, 5) is 13.9. The Hall–Kier alpha value is -2.81. The van der Waals surface area contributed by atoms with Crippen LogP contribution in [-0.4, -0.2) is 26.1 Å². The zero-order valence-corrected chi connectivity index (χ0v) is 21.0. The molecule has 5 rings (SSSR count). The van der Waals surface area contributed by atoms with E-state index in [2.05, 4.69) is 14.9 Å². The minimum atomic E-state index is -0.894. The van der Waals surface area contributed by atoms with E-state index in [0.29, 0.717) is 62.5 Å². The molecule has 6 nitrogen and oxygen atoms in total. The topological polar surface area (TPSA) is 81.7 Å². The Morgan fingerprint density at radius 3 is 2.39 bits per heavy atom. The minimum Gasteiger partial charge on any atom is -0.350 e. The molecule has 0 saturated heterocycles. The normalized spacial score (nSPS) is 18.0. The van der Waals surface area contributed by atoms with Crippen molar-refractivity contribution in [3.05, 3.63) is 69.8 Å². The number of hydrogen-bond donors (Lipinski definition) is 2. The number of fused-ring (bicyclic) bond motifs is 1. The SMILES string of the molecule is NCC1CCC(Cn2c(-c3c(Cl)cccc3Cl)nc3cnc(NCc4ccc(F)c(F)c4)nc32)CC1. The second-order valence-electron chi connectivity index (χ2n) is 9.27. The molecule has 1 aliphatic rings. The van der Waals surface area contributed by atoms with E-state index in [1.54, 1.807) is 24.4 Å². The van der Waals surface area contributed by atoms with Gasteiger partial charge < -0.3 is 15.6 Å².